The molecule has 0 bridgehead atoms. The standard InChI is InChI=1S/C19H19FN6OS2/c1-11-5-4-6-13(15(11)20)9-26-8-7-14(25-26)22-18-24-23-17(29-18)19(3,27)16-21-12(2)10-28-16/h4-8,10,27H,9H2,1-3H3,(H,22,24,25). The molecule has 0 fully saturated rings. The van der Waals surface area contributed by atoms with Gasteiger partial charge in [-0.2, -0.15) is 5.10 Å². The van der Waals surface area contributed by atoms with E-state index in [1.807, 2.05) is 18.4 Å². The normalized spacial score (nSPS) is 13.4. The Labute approximate surface area is 174 Å². The molecule has 0 aliphatic carbocycles. The molecule has 4 aromatic rings. The Balaban J connectivity index is 1.48. The number of halogens is 1. The first-order valence-electron chi connectivity index (χ1n) is 8.86. The van der Waals surface area contributed by atoms with Crippen LogP contribution in [0.15, 0.2) is 35.8 Å². The van der Waals surface area contributed by atoms with Crippen LogP contribution in [0.3, 0.4) is 0 Å². The number of rotatable bonds is 6. The maximum Gasteiger partial charge on any atom is 0.211 e. The molecule has 1 atom stereocenters. The molecule has 4 rings (SSSR count). The largest absolute Gasteiger partial charge is 0.376 e. The van der Waals surface area contributed by atoms with Gasteiger partial charge in [-0.05, 0) is 26.3 Å². The number of anilines is 2. The van der Waals surface area contributed by atoms with Crippen molar-refractivity contribution in [2.75, 3.05) is 5.32 Å². The summed E-state index contributed by atoms with van der Waals surface area (Å²) in [5.41, 5.74) is 0.728. The zero-order chi connectivity index (χ0) is 20.6. The summed E-state index contributed by atoms with van der Waals surface area (Å²) in [6, 6.07) is 7.09. The highest BCUT2D eigenvalue weighted by Crippen LogP contribution is 2.34. The summed E-state index contributed by atoms with van der Waals surface area (Å²) in [5, 5.41) is 29.9. The van der Waals surface area contributed by atoms with Crippen LogP contribution in [0.2, 0.25) is 0 Å². The fourth-order valence-corrected chi connectivity index (χ4v) is 4.49. The van der Waals surface area contributed by atoms with E-state index in [1.165, 1.54) is 22.7 Å². The van der Waals surface area contributed by atoms with E-state index in [2.05, 4.69) is 25.6 Å². The van der Waals surface area contributed by atoms with Crippen molar-refractivity contribution in [3.8, 4) is 0 Å². The molecule has 0 spiro atoms. The molecule has 0 saturated carbocycles. The summed E-state index contributed by atoms with van der Waals surface area (Å²) in [7, 11) is 0. The maximum atomic E-state index is 14.2. The lowest BCUT2D eigenvalue weighted by atomic mass is 10.1. The van der Waals surface area contributed by atoms with Crippen LogP contribution in [-0.2, 0) is 12.1 Å². The smallest absolute Gasteiger partial charge is 0.211 e. The van der Waals surface area contributed by atoms with Crippen LogP contribution >= 0.6 is 22.7 Å². The minimum atomic E-state index is -1.31. The Morgan fingerprint density at radius 3 is 2.79 bits per heavy atom. The molecule has 1 aromatic carbocycles. The Bertz CT molecular complexity index is 1150. The molecule has 1 unspecified atom stereocenters. The van der Waals surface area contributed by atoms with Crippen LogP contribution < -0.4 is 5.32 Å². The van der Waals surface area contributed by atoms with Crippen LogP contribution in [0.5, 0.6) is 0 Å². The third-order valence-electron chi connectivity index (χ3n) is 4.36. The molecule has 0 amide bonds. The second kappa shape index (κ2) is 7.62. The molecular weight excluding hydrogens is 411 g/mol. The fraction of sp³-hybridized carbons (Fsp3) is 0.263. The van der Waals surface area contributed by atoms with Crippen molar-refractivity contribution in [1.29, 1.82) is 0 Å². The fourth-order valence-electron chi connectivity index (χ4n) is 2.77. The van der Waals surface area contributed by atoms with E-state index in [9.17, 15) is 9.50 Å². The van der Waals surface area contributed by atoms with Crippen LogP contribution in [0.25, 0.3) is 0 Å². The Kier molecular flexibility index (Phi) is 5.15. The highest BCUT2D eigenvalue weighted by atomic mass is 32.1. The first kappa shape index (κ1) is 19.6. The Morgan fingerprint density at radius 2 is 2.03 bits per heavy atom. The van der Waals surface area contributed by atoms with Gasteiger partial charge in [0, 0.05) is 28.9 Å². The van der Waals surface area contributed by atoms with Gasteiger partial charge in [0.15, 0.2) is 16.4 Å². The molecule has 0 aliphatic heterocycles. The summed E-state index contributed by atoms with van der Waals surface area (Å²) >= 11 is 2.61. The minimum absolute atomic E-state index is 0.217. The van der Waals surface area contributed by atoms with Crippen molar-refractivity contribution in [2.24, 2.45) is 0 Å². The van der Waals surface area contributed by atoms with Gasteiger partial charge in [-0.1, -0.05) is 29.5 Å². The van der Waals surface area contributed by atoms with Crippen molar-refractivity contribution >= 4 is 33.6 Å². The summed E-state index contributed by atoms with van der Waals surface area (Å²) in [6.45, 7) is 5.60. The molecular formula is C19H19FN6OS2. The minimum Gasteiger partial charge on any atom is -0.376 e. The van der Waals surface area contributed by atoms with Crippen LogP contribution in [-0.4, -0.2) is 30.1 Å². The number of benzene rings is 1. The monoisotopic (exact) mass is 430 g/mol. The number of nitrogens with zero attached hydrogens (tertiary/aromatic N) is 5. The zero-order valence-electron chi connectivity index (χ0n) is 16.0. The van der Waals surface area contributed by atoms with E-state index >= 15 is 0 Å². The highest BCUT2D eigenvalue weighted by molar-refractivity contribution is 7.15. The van der Waals surface area contributed by atoms with Gasteiger partial charge in [0.25, 0.3) is 0 Å². The number of thiazole rings is 1. The number of hydrogen-bond acceptors (Lipinski definition) is 8. The average molecular weight is 431 g/mol. The predicted molar refractivity (Wildman–Crippen MR) is 111 cm³/mol. The van der Waals surface area contributed by atoms with Gasteiger partial charge < -0.3 is 10.4 Å². The molecule has 0 aliphatic rings. The highest BCUT2D eigenvalue weighted by Gasteiger charge is 2.33. The molecule has 10 heteroatoms. The zero-order valence-corrected chi connectivity index (χ0v) is 17.7. The van der Waals surface area contributed by atoms with E-state index < -0.39 is 5.60 Å². The number of aryl methyl sites for hydroxylation is 2. The SMILES string of the molecule is Cc1csc(C(C)(O)c2nnc(Nc3ccn(Cc4cccc(C)c4F)n3)s2)n1. The van der Waals surface area contributed by atoms with Gasteiger partial charge in [0.05, 0.1) is 6.54 Å². The molecule has 7 nitrogen and oxygen atoms in total. The lowest BCUT2D eigenvalue weighted by Crippen LogP contribution is -2.22. The van der Waals surface area contributed by atoms with Gasteiger partial charge in [-0.25, -0.2) is 9.37 Å². The Hall–Kier alpha value is -2.69. The molecule has 0 radical (unpaired) electrons. The third-order valence-corrected chi connectivity index (χ3v) is 6.58. The van der Waals surface area contributed by atoms with Gasteiger partial charge in [-0.3, -0.25) is 4.68 Å². The first-order chi connectivity index (χ1) is 13.8. The van der Waals surface area contributed by atoms with Crippen LogP contribution in [0.4, 0.5) is 15.3 Å². The van der Waals surface area contributed by atoms with Gasteiger partial charge >= 0.3 is 0 Å². The molecule has 150 valence electrons. The van der Waals surface area contributed by atoms with Crippen molar-refractivity contribution in [2.45, 2.75) is 32.9 Å². The number of aliphatic hydroxyl groups is 1. The maximum absolute atomic E-state index is 14.2. The molecule has 0 saturated heterocycles. The van der Waals surface area contributed by atoms with Crippen molar-refractivity contribution < 1.29 is 9.50 Å². The summed E-state index contributed by atoms with van der Waals surface area (Å²) < 4.78 is 15.8. The lowest BCUT2D eigenvalue weighted by Gasteiger charge is -2.16. The number of nitrogens with one attached hydrogen (secondary N) is 1. The van der Waals surface area contributed by atoms with E-state index in [0.717, 1.165) is 5.69 Å². The van der Waals surface area contributed by atoms with Crippen LogP contribution in [0.1, 0.15) is 33.8 Å². The Morgan fingerprint density at radius 1 is 1.21 bits per heavy atom. The van der Waals surface area contributed by atoms with Gasteiger partial charge in [0.1, 0.15) is 10.8 Å². The molecule has 2 N–H and O–H groups in total. The van der Waals surface area contributed by atoms with Crippen molar-refractivity contribution in [3.63, 3.8) is 0 Å². The number of aromatic nitrogens is 5. The number of hydrogen-bond donors (Lipinski definition) is 2. The summed E-state index contributed by atoms with van der Waals surface area (Å²) in [6.07, 6.45) is 1.76. The quantitative estimate of drug-likeness (QED) is 0.481. The van der Waals surface area contributed by atoms with Gasteiger partial charge in [0.2, 0.25) is 5.13 Å². The average Bonchev–Trinajstić information content (AvgIpc) is 3.41. The summed E-state index contributed by atoms with van der Waals surface area (Å²) in [5.74, 6) is 0.344. The first-order valence-corrected chi connectivity index (χ1v) is 10.6. The van der Waals surface area contributed by atoms with E-state index in [4.69, 9.17) is 0 Å². The molecule has 3 aromatic heterocycles. The predicted octanol–water partition coefficient (Wildman–Crippen LogP) is 3.99. The lowest BCUT2D eigenvalue weighted by molar-refractivity contribution is 0.101. The van der Waals surface area contributed by atoms with Crippen molar-refractivity contribution in [1.82, 2.24) is 25.0 Å². The van der Waals surface area contributed by atoms with E-state index in [-0.39, 0.29) is 5.82 Å². The second-order valence-corrected chi connectivity index (χ2v) is 8.69. The summed E-state index contributed by atoms with van der Waals surface area (Å²) in [4.78, 5) is 4.35. The molecule has 3 heterocycles. The molecule has 29 heavy (non-hydrogen) atoms. The van der Waals surface area contributed by atoms with Gasteiger partial charge in [-0.15, -0.1) is 21.5 Å². The van der Waals surface area contributed by atoms with Crippen molar-refractivity contribution in [3.05, 3.63) is 68.5 Å². The van der Waals surface area contributed by atoms with E-state index in [0.29, 0.717) is 38.6 Å². The third kappa shape index (κ3) is 4.04. The second-order valence-electron chi connectivity index (χ2n) is 6.85. The topological polar surface area (TPSA) is 88.8 Å². The van der Waals surface area contributed by atoms with Crippen LogP contribution in [0, 0.1) is 19.7 Å². The van der Waals surface area contributed by atoms with E-state index in [1.54, 1.807) is 42.9 Å².